The minimum absolute atomic E-state index is 0.134. The molecule has 0 aromatic heterocycles. The van der Waals surface area contributed by atoms with Gasteiger partial charge < -0.3 is 10.0 Å². The molecule has 1 N–H and O–H groups in total. The molecule has 1 unspecified atom stereocenters. The smallest absolute Gasteiger partial charge is 0.306 e. The Morgan fingerprint density at radius 3 is 2.67 bits per heavy atom. The monoisotopic (exact) mass is 311 g/mol. The van der Waals surface area contributed by atoms with Gasteiger partial charge in [0.1, 0.15) is 0 Å². The standard InChI is InChI=1S/C14H18BrNO2/c1-14(2)9-10(13(17)18)7-8-16(14)12-6-4-3-5-11(12)15/h3-6,10H,7-9H2,1-2H3,(H,17,18). The maximum atomic E-state index is 11.1. The largest absolute Gasteiger partial charge is 0.481 e. The average Bonchev–Trinajstić information content (AvgIpc) is 2.29. The minimum Gasteiger partial charge on any atom is -0.481 e. The third-order valence-corrected chi connectivity index (χ3v) is 4.34. The molecule has 0 radical (unpaired) electrons. The quantitative estimate of drug-likeness (QED) is 0.908. The summed E-state index contributed by atoms with van der Waals surface area (Å²) in [6.45, 7) is 5.01. The Kier molecular flexibility index (Phi) is 3.66. The number of halogens is 1. The molecule has 1 saturated heterocycles. The van der Waals surface area contributed by atoms with Gasteiger partial charge in [-0.05, 0) is 54.8 Å². The topological polar surface area (TPSA) is 40.5 Å². The van der Waals surface area contributed by atoms with Gasteiger partial charge in [-0.25, -0.2) is 0 Å². The molecule has 1 aliphatic rings. The van der Waals surface area contributed by atoms with E-state index < -0.39 is 5.97 Å². The van der Waals surface area contributed by atoms with Crippen LogP contribution in [0.25, 0.3) is 0 Å². The maximum Gasteiger partial charge on any atom is 0.306 e. The summed E-state index contributed by atoms with van der Waals surface area (Å²) < 4.78 is 1.06. The number of para-hydroxylation sites is 1. The molecule has 18 heavy (non-hydrogen) atoms. The van der Waals surface area contributed by atoms with Crippen LogP contribution in [0.2, 0.25) is 0 Å². The summed E-state index contributed by atoms with van der Waals surface area (Å²) in [5.74, 6) is -0.895. The van der Waals surface area contributed by atoms with E-state index in [-0.39, 0.29) is 11.5 Å². The number of aliphatic carboxylic acids is 1. The summed E-state index contributed by atoms with van der Waals surface area (Å²) in [5.41, 5.74) is 1.01. The second-order valence-corrected chi connectivity index (χ2v) is 6.30. The Labute approximate surface area is 116 Å². The van der Waals surface area contributed by atoms with E-state index in [4.69, 9.17) is 5.11 Å². The summed E-state index contributed by atoms with van der Waals surface area (Å²) in [6.07, 6.45) is 1.39. The van der Waals surface area contributed by atoms with E-state index in [0.29, 0.717) is 12.8 Å². The van der Waals surface area contributed by atoms with Gasteiger partial charge in [-0.15, -0.1) is 0 Å². The molecule has 1 aliphatic heterocycles. The van der Waals surface area contributed by atoms with Gasteiger partial charge in [-0.1, -0.05) is 12.1 Å². The summed E-state index contributed by atoms with van der Waals surface area (Å²) in [5, 5.41) is 9.15. The van der Waals surface area contributed by atoms with Crippen LogP contribution in [0.4, 0.5) is 5.69 Å². The van der Waals surface area contributed by atoms with Crippen LogP contribution in [0, 0.1) is 5.92 Å². The van der Waals surface area contributed by atoms with Gasteiger partial charge in [0.15, 0.2) is 0 Å². The van der Waals surface area contributed by atoms with Crippen LogP contribution in [0.1, 0.15) is 26.7 Å². The van der Waals surface area contributed by atoms with Crippen molar-refractivity contribution in [2.75, 3.05) is 11.4 Å². The van der Waals surface area contributed by atoms with Gasteiger partial charge in [0.05, 0.1) is 11.6 Å². The molecule has 0 spiro atoms. The Morgan fingerprint density at radius 1 is 1.44 bits per heavy atom. The van der Waals surface area contributed by atoms with Crippen LogP contribution in [0.15, 0.2) is 28.7 Å². The number of carbonyl (C=O) groups is 1. The molecule has 2 rings (SSSR count). The second kappa shape index (κ2) is 4.92. The summed E-state index contributed by atoms with van der Waals surface area (Å²) in [6, 6.07) is 8.10. The van der Waals surface area contributed by atoms with Crippen LogP contribution in [-0.4, -0.2) is 23.2 Å². The maximum absolute atomic E-state index is 11.1. The number of carboxylic acids is 1. The lowest BCUT2D eigenvalue weighted by molar-refractivity contribution is -0.143. The zero-order valence-electron chi connectivity index (χ0n) is 10.7. The number of rotatable bonds is 2. The van der Waals surface area contributed by atoms with Crippen LogP contribution in [-0.2, 0) is 4.79 Å². The third-order valence-electron chi connectivity index (χ3n) is 3.67. The van der Waals surface area contributed by atoms with Gasteiger partial charge >= 0.3 is 5.97 Å². The highest BCUT2D eigenvalue weighted by atomic mass is 79.9. The third kappa shape index (κ3) is 2.53. The predicted molar refractivity (Wildman–Crippen MR) is 75.9 cm³/mol. The van der Waals surface area contributed by atoms with Crippen molar-refractivity contribution in [1.29, 1.82) is 0 Å². The number of carboxylic acid groups (broad SMARTS) is 1. The molecule has 0 bridgehead atoms. The molecule has 1 atom stereocenters. The molecule has 1 fully saturated rings. The van der Waals surface area contributed by atoms with Gasteiger partial charge in [0.2, 0.25) is 0 Å². The molecule has 1 aromatic carbocycles. The van der Waals surface area contributed by atoms with Crippen molar-refractivity contribution in [3.8, 4) is 0 Å². The van der Waals surface area contributed by atoms with E-state index in [1.165, 1.54) is 0 Å². The first-order valence-electron chi connectivity index (χ1n) is 6.17. The van der Waals surface area contributed by atoms with Gasteiger partial charge in [0.25, 0.3) is 0 Å². The highest BCUT2D eigenvalue weighted by molar-refractivity contribution is 9.10. The Bertz CT molecular complexity index is 459. The van der Waals surface area contributed by atoms with Crippen molar-refractivity contribution < 1.29 is 9.90 Å². The lowest BCUT2D eigenvalue weighted by Gasteiger charge is -2.46. The molecule has 1 heterocycles. The van der Waals surface area contributed by atoms with Crippen molar-refractivity contribution in [3.63, 3.8) is 0 Å². The summed E-state index contributed by atoms with van der Waals surface area (Å²) in [7, 11) is 0. The van der Waals surface area contributed by atoms with E-state index >= 15 is 0 Å². The molecule has 0 amide bonds. The zero-order chi connectivity index (χ0) is 13.3. The van der Waals surface area contributed by atoms with Crippen molar-refractivity contribution in [3.05, 3.63) is 28.7 Å². The molecule has 4 heteroatoms. The predicted octanol–water partition coefficient (Wildman–Crippen LogP) is 3.53. The van der Waals surface area contributed by atoms with Crippen LogP contribution >= 0.6 is 15.9 Å². The van der Waals surface area contributed by atoms with Crippen molar-refractivity contribution >= 4 is 27.6 Å². The van der Waals surface area contributed by atoms with Crippen molar-refractivity contribution in [2.24, 2.45) is 5.92 Å². The lowest BCUT2D eigenvalue weighted by atomic mass is 9.82. The zero-order valence-corrected chi connectivity index (χ0v) is 12.3. The van der Waals surface area contributed by atoms with Gasteiger partial charge in [0, 0.05) is 16.6 Å². The van der Waals surface area contributed by atoms with Gasteiger partial charge in [-0.2, -0.15) is 0 Å². The highest BCUT2D eigenvalue weighted by Gasteiger charge is 2.38. The molecule has 0 saturated carbocycles. The number of nitrogens with zero attached hydrogens (tertiary/aromatic N) is 1. The number of hydrogen-bond donors (Lipinski definition) is 1. The fraction of sp³-hybridized carbons (Fsp3) is 0.500. The SMILES string of the molecule is CC1(C)CC(C(=O)O)CCN1c1ccccc1Br. The van der Waals surface area contributed by atoms with Crippen LogP contribution < -0.4 is 4.90 Å². The van der Waals surface area contributed by atoms with E-state index in [9.17, 15) is 4.79 Å². The van der Waals surface area contributed by atoms with E-state index in [1.54, 1.807) is 0 Å². The Balaban J connectivity index is 2.26. The molecule has 3 nitrogen and oxygen atoms in total. The fourth-order valence-electron chi connectivity index (χ4n) is 2.73. The summed E-state index contributed by atoms with van der Waals surface area (Å²) in [4.78, 5) is 13.4. The number of piperidine rings is 1. The number of anilines is 1. The Hall–Kier alpha value is -1.03. The van der Waals surface area contributed by atoms with Crippen LogP contribution in [0.5, 0.6) is 0 Å². The first kappa shape index (κ1) is 13.4. The molecule has 1 aromatic rings. The first-order chi connectivity index (χ1) is 8.42. The van der Waals surface area contributed by atoms with E-state index in [1.807, 2.05) is 18.2 Å². The normalized spacial score (nSPS) is 22.8. The average molecular weight is 312 g/mol. The molecule has 0 aliphatic carbocycles. The Morgan fingerprint density at radius 2 is 2.11 bits per heavy atom. The number of benzene rings is 1. The summed E-state index contributed by atoms with van der Waals surface area (Å²) >= 11 is 3.57. The fourth-order valence-corrected chi connectivity index (χ4v) is 3.23. The minimum atomic E-state index is -0.671. The van der Waals surface area contributed by atoms with Crippen molar-refractivity contribution in [2.45, 2.75) is 32.2 Å². The lowest BCUT2D eigenvalue weighted by Crippen LogP contribution is -2.51. The first-order valence-corrected chi connectivity index (χ1v) is 6.96. The van der Waals surface area contributed by atoms with E-state index in [0.717, 1.165) is 16.7 Å². The van der Waals surface area contributed by atoms with Gasteiger partial charge in [-0.3, -0.25) is 4.79 Å². The molecular weight excluding hydrogens is 294 g/mol. The molecule has 98 valence electrons. The highest BCUT2D eigenvalue weighted by Crippen LogP contribution is 2.38. The number of hydrogen-bond acceptors (Lipinski definition) is 2. The van der Waals surface area contributed by atoms with Crippen LogP contribution in [0.3, 0.4) is 0 Å². The van der Waals surface area contributed by atoms with E-state index in [2.05, 4.69) is 40.7 Å². The molecular formula is C14H18BrNO2. The van der Waals surface area contributed by atoms with Crippen molar-refractivity contribution in [1.82, 2.24) is 0 Å². The second-order valence-electron chi connectivity index (χ2n) is 5.44.